The summed E-state index contributed by atoms with van der Waals surface area (Å²) in [7, 11) is 2.07. The lowest BCUT2D eigenvalue weighted by Gasteiger charge is -2.32. The van der Waals surface area contributed by atoms with Crippen molar-refractivity contribution in [2.45, 2.75) is 38.6 Å². The molecule has 0 saturated heterocycles. The van der Waals surface area contributed by atoms with E-state index in [9.17, 15) is 0 Å². The van der Waals surface area contributed by atoms with Crippen LogP contribution >= 0.6 is 0 Å². The topological polar surface area (TPSA) is 55.3 Å². The Hall–Kier alpha value is -1.71. The Bertz CT molecular complexity index is 570. The highest BCUT2D eigenvalue weighted by Gasteiger charge is 2.24. The Morgan fingerprint density at radius 3 is 2.68 bits per heavy atom. The molecule has 102 valence electrons. The molecule has 0 unspecified atom stereocenters. The summed E-state index contributed by atoms with van der Waals surface area (Å²) in [6, 6.07) is 6.89. The maximum Gasteiger partial charge on any atom is 0.298 e. The van der Waals surface area contributed by atoms with Gasteiger partial charge in [0.1, 0.15) is 5.52 Å². The van der Waals surface area contributed by atoms with Crippen LogP contribution < -0.4 is 10.6 Å². The van der Waals surface area contributed by atoms with E-state index in [1.807, 2.05) is 18.2 Å². The SMILES string of the molecule is CC1CCC(N(C)c2nc3c(N)cccc3o2)CC1. The summed E-state index contributed by atoms with van der Waals surface area (Å²) in [4.78, 5) is 6.71. The third kappa shape index (κ3) is 2.27. The van der Waals surface area contributed by atoms with Crippen molar-refractivity contribution in [1.29, 1.82) is 0 Å². The molecule has 2 N–H and O–H groups in total. The lowest BCUT2D eigenvalue weighted by Crippen LogP contribution is -2.34. The molecular weight excluding hydrogens is 238 g/mol. The fourth-order valence-electron chi connectivity index (χ4n) is 2.89. The zero-order valence-electron chi connectivity index (χ0n) is 11.6. The van der Waals surface area contributed by atoms with Crippen molar-refractivity contribution in [3.63, 3.8) is 0 Å². The Morgan fingerprint density at radius 1 is 1.26 bits per heavy atom. The number of hydrogen-bond donors (Lipinski definition) is 1. The Balaban J connectivity index is 1.85. The van der Waals surface area contributed by atoms with Crippen molar-refractivity contribution in [2.24, 2.45) is 5.92 Å². The largest absolute Gasteiger partial charge is 0.423 e. The van der Waals surface area contributed by atoms with Crippen molar-refractivity contribution >= 4 is 22.8 Å². The minimum Gasteiger partial charge on any atom is -0.423 e. The van der Waals surface area contributed by atoms with E-state index in [4.69, 9.17) is 10.2 Å². The van der Waals surface area contributed by atoms with Gasteiger partial charge in [0.2, 0.25) is 0 Å². The average molecular weight is 259 g/mol. The molecule has 0 bridgehead atoms. The predicted octanol–water partition coefficient (Wildman–Crippen LogP) is 3.42. The number of hydrogen-bond acceptors (Lipinski definition) is 4. The van der Waals surface area contributed by atoms with Gasteiger partial charge in [0.05, 0.1) is 5.69 Å². The number of nitrogens with two attached hydrogens (primary N) is 1. The Morgan fingerprint density at radius 2 is 2.00 bits per heavy atom. The molecule has 1 aliphatic rings. The maximum absolute atomic E-state index is 5.93. The van der Waals surface area contributed by atoms with Crippen LogP contribution in [0.25, 0.3) is 11.1 Å². The molecule has 1 aliphatic carbocycles. The molecule has 1 aromatic carbocycles. The average Bonchev–Trinajstić information content (AvgIpc) is 2.84. The molecule has 4 heteroatoms. The normalized spacial score (nSPS) is 23.7. The van der Waals surface area contributed by atoms with Gasteiger partial charge in [-0.25, -0.2) is 0 Å². The first kappa shape index (κ1) is 12.3. The van der Waals surface area contributed by atoms with Crippen molar-refractivity contribution in [3.8, 4) is 0 Å². The summed E-state index contributed by atoms with van der Waals surface area (Å²) in [5.74, 6) is 0.851. The third-order valence-corrected chi connectivity index (χ3v) is 4.27. The second kappa shape index (κ2) is 4.76. The summed E-state index contributed by atoms with van der Waals surface area (Å²) in [6.07, 6.45) is 5.01. The molecule has 0 atom stereocenters. The number of benzene rings is 1. The number of nitrogens with zero attached hydrogens (tertiary/aromatic N) is 2. The standard InChI is InChI=1S/C15H21N3O/c1-10-6-8-11(9-7-10)18(2)15-17-14-12(16)4-3-5-13(14)19-15/h3-5,10-11H,6-9,16H2,1-2H3. The van der Waals surface area contributed by atoms with Crippen molar-refractivity contribution in [1.82, 2.24) is 4.98 Å². The highest BCUT2D eigenvalue weighted by Crippen LogP contribution is 2.31. The highest BCUT2D eigenvalue weighted by atomic mass is 16.4. The second-order valence-electron chi connectivity index (χ2n) is 5.72. The van der Waals surface area contributed by atoms with E-state index < -0.39 is 0 Å². The molecule has 0 radical (unpaired) electrons. The van der Waals surface area contributed by atoms with Gasteiger partial charge < -0.3 is 15.1 Å². The number of nitrogen functional groups attached to an aromatic ring is 1. The molecule has 4 nitrogen and oxygen atoms in total. The van der Waals surface area contributed by atoms with Gasteiger partial charge in [-0.15, -0.1) is 0 Å². The summed E-state index contributed by atoms with van der Waals surface area (Å²) < 4.78 is 5.83. The van der Waals surface area contributed by atoms with Gasteiger partial charge in [-0.2, -0.15) is 4.98 Å². The monoisotopic (exact) mass is 259 g/mol. The lowest BCUT2D eigenvalue weighted by molar-refractivity contribution is 0.333. The minimum atomic E-state index is 0.533. The van der Waals surface area contributed by atoms with Crippen molar-refractivity contribution in [2.75, 3.05) is 17.7 Å². The van der Waals surface area contributed by atoms with Gasteiger partial charge in [0.25, 0.3) is 6.01 Å². The van der Waals surface area contributed by atoms with Crippen molar-refractivity contribution in [3.05, 3.63) is 18.2 Å². The number of para-hydroxylation sites is 1. The number of oxazole rings is 1. The quantitative estimate of drug-likeness (QED) is 0.839. The molecule has 1 fully saturated rings. The van der Waals surface area contributed by atoms with E-state index in [0.29, 0.717) is 17.7 Å². The van der Waals surface area contributed by atoms with Crippen LogP contribution in [0.3, 0.4) is 0 Å². The molecule has 1 saturated carbocycles. The molecule has 1 aromatic heterocycles. The van der Waals surface area contributed by atoms with Gasteiger partial charge in [0.15, 0.2) is 5.58 Å². The molecular formula is C15H21N3O. The van der Waals surface area contributed by atoms with Gasteiger partial charge in [0, 0.05) is 13.1 Å². The fourth-order valence-corrected chi connectivity index (χ4v) is 2.89. The van der Waals surface area contributed by atoms with Crippen LogP contribution in [-0.4, -0.2) is 18.1 Å². The van der Waals surface area contributed by atoms with Crippen LogP contribution in [0.2, 0.25) is 0 Å². The Labute approximate surface area is 113 Å². The number of anilines is 2. The van der Waals surface area contributed by atoms with E-state index >= 15 is 0 Å². The molecule has 19 heavy (non-hydrogen) atoms. The number of fused-ring (bicyclic) bond motifs is 1. The summed E-state index contributed by atoms with van der Waals surface area (Å²) >= 11 is 0. The van der Waals surface area contributed by atoms with Crippen molar-refractivity contribution < 1.29 is 4.42 Å². The zero-order valence-corrected chi connectivity index (χ0v) is 11.6. The van der Waals surface area contributed by atoms with E-state index in [1.165, 1.54) is 25.7 Å². The minimum absolute atomic E-state index is 0.533. The van der Waals surface area contributed by atoms with Gasteiger partial charge >= 0.3 is 0 Å². The van der Waals surface area contributed by atoms with E-state index in [-0.39, 0.29) is 0 Å². The van der Waals surface area contributed by atoms with Crippen LogP contribution in [0.1, 0.15) is 32.6 Å². The van der Waals surface area contributed by atoms with E-state index in [2.05, 4.69) is 23.9 Å². The van der Waals surface area contributed by atoms with E-state index in [1.54, 1.807) is 0 Å². The summed E-state index contributed by atoms with van der Waals surface area (Å²) in [5.41, 5.74) is 8.15. The van der Waals surface area contributed by atoms with Gasteiger partial charge in [-0.1, -0.05) is 13.0 Å². The van der Waals surface area contributed by atoms with Crippen LogP contribution in [-0.2, 0) is 0 Å². The number of aromatic nitrogens is 1. The molecule has 0 amide bonds. The smallest absolute Gasteiger partial charge is 0.298 e. The second-order valence-corrected chi connectivity index (χ2v) is 5.72. The lowest BCUT2D eigenvalue weighted by atomic mass is 9.87. The first-order valence-corrected chi connectivity index (χ1v) is 7.03. The summed E-state index contributed by atoms with van der Waals surface area (Å²) in [5, 5.41) is 0. The number of rotatable bonds is 2. The predicted molar refractivity (Wildman–Crippen MR) is 78.2 cm³/mol. The van der Waals surface area contributed by atoms with Crippen LogP contribution in [0, 0.1) is 5.92 Å². The first-order chi connectivity index (χ1) is 9.15. The molecule has 1 heterocycles. The van der Waals surface area contributed by atoms with E-state index in [0.717, 1.165) is 17.0 Å². The van der Waals surface area contributed by atoms with Gasteiger partial charge in [-0.05, 0) is 43.7 Å². The van der Waals surface area contributed by atoms with Gasteiger partial charge in [-0.3, -0.25) is 0 Å². The first-order valence-electron chi connectivity index (χ1n) is 7.03. The molecule has 0 aliphatic heterocycles. The third-order valence-electron chi connectivity index (χ3n) is 4.27. The van der Waals surface area contributed by atoms with Crippen LogP contribution in [0.5, 0.6) is 0 Å². The van der Waals surface area contributed by atoms with Crippen LogP contribution in [0.4, 0.5) is 11.7 Å². The molecule has 0 spiro atoms. The summed E-state index contributed by atoms with van der Waals surface area (Å²) in [6.45, 7) is 2.33. The zero-order chi connectivity index (χ0) is 13.4. The molecule has 3 rings (SSSR count). The maximum atomic E-state index is 5.93. The Kier molecular flexibility index (Phi) is 3.09. The van der Waals surface area contributed by atoms with Crippen LogP contribution in [0.15, 0.2) is 22.6 Å². The molecule has 2 aromatic rings. The highest BCUT2D eigenvalue weighted by molar-refractivity contribution is 5.86. The fraction of sp³-hybridized carbons (Fsp3) is 0.533.